The third-order valence-electron chi connectivity index (χ3n) is 6.42. The van der Waals surface area contributed by atoms with Crippen LogP contribution in [0.1, 0.15) is 52.1 Å². The van der Waals surface area contributed by atoms with E-state index in [0.717, 1.165) is 50.3 Å². The molecule has 0 N–H and O–H groups in total. The fourth-order valence-corrected chi connectivity index (χ4v) is 6.50. The highest BCUT2D eigenvalue weighted by Crippen LogP contribution is 2.36. The molecule has 2 atom stereocenters. The molecule has 4 heterocycles. The Kier molecular flexibility index (Phi) is 5.39. The fraction of sp³-hybridized carbons (Fsp3) is 0.800. The first-order valence-corrected chi connectivity index (χ1v) is 12.0. The van der Waals surface area contributed by atoms with Crippen LogP contribution in [-0.2, 0) is 15.6 Å². The second-order valence-corrected chi connectivity index (χ2v) is 11.5. The van der Waals surface area contributed by atoms with Crippen molar-refractivity contribution in [3.05, 3.63) is 18.1 Å². The van der Waals surface area contributed by atoms with Crippen LogP contribution in [0.2, 0.25) is 0 Å². The van der Waals surface area contributed by atoms with Crippen molar-refractivity contribution in [1.82, 2.24) is 18.6 Å². The molecule has 7 nitrogen and oxygen atoms in total. The van der Waals surface area contributed by atoms with Crippen molar-refractivity contribution < 1.29 is 8.42 Å². The molecule has 0 aromatic carbocycles. The zero-order valence-corrected chi connectivity index (χ0v) is 18.2. The second kappa shape index (κ2) is 7.54. The topological polar surface area (TPSA) is 69.6 Å². The molecule has 28 heavy (non-hydrogen) atoms. The molecule has 156 valence electrons. The van der Waals surface area contributed by atoms with Crippen LogP contribution in [0.15, 0.2) is 12.4 Å². The molecule has 0 bridgehead atoms. The lowest BCUT2D eigenvalue weighted by atomic mass is 9.92. The second-order valence-electron chi connectivity index (χ2n) is 9.57. The average Bonchev–Trinajstić information content (AvgIpc) is 3.09. The summed E-state index contributed by atoms with van der Waals surface area (Å²) in [5.41, 5.74) is 1.03. The van der Waals surface area contributed by atoms with Gasteiger partial charge in [-0.05, 0) is 24.7 Å². The van der Waals surface area contributed by atoms with Gasteiger partial charge in [0.25, 0.3) is 10.2 Å². The third-order valence-corrected chi connectivity index (χ3v) is 8.38. The van der Waals surface area contributed by atoms with Gasteiger partial charge < -0.3 is 4.90 Å². The molecule has 3 fully saturated rings. The van der Waals surface area contributed by atoms with Crippen molar-refractivity contribution in [1.29, 1.82) is 0 Å². The van der Waals surface area contributed by atoms with Gasteiger partial charge in [0.1, 0.15) is 12.1 Å². The minimum absolute atomic E-state index is 0.00861. The van der Waals surface area contributed by atoms with E-state index in [1.54, 1.807) is 14.9 Å². The molecule has 0 aliphatic carbocycles. The molecule has 3 aliphatic rings. The van der Waals surface area contributed by atoms with Crippen LogP contribution in [-0.4, -0.2) is 66.3 Å². The number of aromatic nitrogens is 2. The number of anilines is 1. The molecule has 1 aromatic heterocycles. The van der Waals surface area contributed by atoms with Crippen molar-refractivity contribution in [2.45, 2.75) is 51.9 Å². The fourth-order valence-electron chi connectivity index (χ4n) is 4.69. The van der Waals surface area contributed by atoms with Gasteiger partial charge in [0.05, 0.1) is 5.69 Å². The van der Waals surface area contributed by atoms with Crippen molar-refractivity contribution in [3.63, 3.8) is 0 Å². The van der Waals surface area contributed by atoms with E-state index in [2.05, 4.69) is 41.7 Å². The molecule has 4 rings (SSSR count). The van der Waals surface area contributed by atoms with Gasteiger partial charge in [0.15, 0.2) is 0 Å². The standard InChI is InChI=1S/C20H33N5O2S/c1-20(2,3)18-10-19(22-15-21-18)23-11-16-13-25(14-17(16)12-23)28(26,27)24-8-6-4-5-7-9-24/h10,15-17H,4-9,11-14H2,1-3H3. The van der Waals surface area contributed by atoms with Crippen molar-refractivity contribution in [3.8, 4) is 0 Å². The van der Waals surface area contributed by atoms with Gasteiger partial charge in [0.2, 0.25) is 0 Å². The van der Waals surface area contributed by atoms with Crippen molar-refractivity contribution >= 4 is 16.0 Å². The summed E-state index contributed by atoms with van der Waals surface area (Å²) in [7, 11) is -3.31. The van der Waals surface area contributed by atoms with Crippen LogP contribution < -0.4 is 4.90 Å². The highest BCUT2D eigenvalue weighted by Gasteiger charge is 2.45. The Bertz CT molecular complexity index is 785. The van der Waals surface area contributed by atoms with Crippen LogP contribution in [0, 0.1) is 11.8 Å². The minimum Gasteiger partial charge on any atom is -0.356 e. The lowest BCUT2D eigenvalue weighted by Crippen LogP contribution is -2.44. The molecule has 0 spiro atoms. The van der Waals surface area contributed by atoms with E-state index >= 15 is 0 Å². The summed E-state index contributed by atoms with van der Waals surface area (Å²) >= 11 is 0. The predicted octanol–water partition coefficient (Wildman–Crippen LogP) is 2.26. The van der Waals surface area contributed by atoms with Crippen molar-refractivity contribution in [2.24, 2.45) is 11.8 Å². The molecular formula is C20H33N5O2S. The zero-order chi connectivity index (χ0) is 19.9. The van der Waals surface area contributed by atoms with Crippen molar-refractivity contribution in [2.75, 3.05) is 44.2 Å². The van der Waals surface area contributed by atoms with Crippen LogP contribution in [0.3, 0.4) is 0 Å². The highest BCUT2D eigenvalue weighted by atomic mass is 32.2. The first-order valence-electron chi connectivity index (χ1n) is 10.6. The first kappa shape index (κ1) is 20.0. The van der Waals surface area contributed by atoms with Gasteiger partial charge in [-0.1, -0.05) is 33.6 Å². The van der Waals surface area contributed by atoms with E-state index in [-0.39, 0.29) is 5.41 Å². The molecule has 8 heteroatoms. The van der Waals surface area contributed by atoms with E-state index < -0.39 is 10.2 Å². The molecule has 2 unspecified atom stereocenters. The van der Waals surface area contributed by atoms with E-state index in [9.17, 15) is 8.42 Å². The van der Waals surface area contributed by atoms with E-state index in [1.165, 1.54) is 0 Å². The summed E-state index contributed by atoms with van der Waals surface area (Å²) < 4.78 is 29.7. The van der Waals surface area contributed by atoms with Crippen LogP contribution >= 0.6 is 0 Å². The largest absolute Gasteiger partial charge is 0.356 e. The molecule has 0 radical (unpaired) electrons. The Morgan fingerprint density at radius 1 is 0.893 bits per heavy atom. The molecule has 1 aromatic rings. The number of hydrogen-bond donors (Lipinski definition) is 0. The van der Waals surface area contributed by atoms with E-state index in [4.69, 9.17) is 0 Å². The van der Waals surface area contributed by atoms with Gasteiger partial charge in [-0.3, -0.25) is 0 Å². The van der Waals surface area contributed by atoms with E-state index in [1.807, 2.05) is 0 Å². The van der Waals surface area contributed by atoms with Crippen LogP contribution in [0.4, 0.5) is 5.82 Å². The Morgan fingerprint density at radius 3 is 2.07 bits per heavy atom. The predicted molar refractivity (Wildman–Crippen MR) is 110 cm³/mol. The van der Waals surface area contributed by atoms with Crippen LogP contribution in [0.25, 0.3) is 0 Å². The Labute approximate surface area is 169 Å². The normalized spacial score (nSPS) is 27.8. The summed E-state index contributed by atoms with van der Waals surface area (Å²) in [6.07, 6.45) is 5.90. The van der Waals surface area contributed by atoms with Crippen LogP contribution in [0.5, 0.6) is 0 Å². The number of nitrogens with zero attached hydrogens (tertiary/aromatic N) is 5. The first-order chi connectivity index (χ1) is 13.2. The van der Waals surface area contributed by atoms with Gasteiger partial charge in [0, 0.05) is 50.7 Å². The third kappa shape index (κ3) is 3.91. The van der Waals surface area contributed by atoms with Gasteiger partial charge >= 0.3 is 0 Å². The van der Waals surface area contributed by atoms with E-state index in [0.29, 0.717) is 38.0 Å². The Morgan fingerprint density at radius 2 is 1.50 bits per heavy atom. The molecule has 3 aliphatic heterocycles. The van der Waals surface area contributed by atoms with Gasteiger partial charge in [-0.15, -0.1) is 0 Å². The summed E-state index contributed by atoms with van der Waals surface area (Å²) in [6, 6.07) is 2.09. The monoisotopic (exact) mass is 407 g/mol. The SMILES string of the molecule is CC(C)(C)c1cc(N2CC3CN(S(=O)(=O)N4CCCCCC4)CC3C2)ncn1. The summed E-state index contributed by atoms with van der Waals surface area (Å²) in [4.78, 5) is 11.2. The molecular weight excluding hydrogens is 374 g/mol. The maximum Gasteiger partial charge on any atom is 0.281 e. The summed E-state index contributed by atoms with van der Waals surface area (Å²) in [5, 5.41) is 0. The number of fused-ring (bicyclic) bond motifs is 1. The number of hydrogen-bond acceptors (Lipinski definition) is 5. The minimum atomic E-state index is -3.31. The maximum absolute atomic E-state index is 13.1. The van der Waals surface area contributed by atoms with Gasteiger partial charge in [-0.25, -0.2) is 9.97 Å². The quantitative estimate of drug-likeness (QED) is 0.769. The Balaban J connectivity index is 1.42. The zero-order valence-electron chi connectivity index (χ0n) is 17.3. The lowest BCUT2D eigenvalue weighted by Gasteiger charge is -2.28. The molecule has 0 saturated carbocycles. The maximum atomic E-state index is 13.1. The highest BCUT2D eigenvalue weighted by molar-refractivity contribution is 7.86. The summed E-state index contributed by atoms with van der Waals surface area (Å²) in [5.74, 6) is 1.74. The smallest absolute Gasteiger partial charge is 0.281 e. The molecule has 0 amide bonds. The average molecular weight is 408 g/mol. The Hall–Kier alpha value is -1.25. The van der Waals surface area contributed by atoms with Gasteiger partial charge in [-0.2, -0.15) is 17.0 Å². The summed E-state index contributed by atoms with van der Waals surface area (Å²) in [6.45, 7) is 10.8. The lowest BCUT2D eigenvalue weighted by molar-refractivity contribution is 0.359. The number of rotatable bonds is 3. The molecule has 3 saturated heterocycles.